The van der Waals surface area contributed by atoms with Gasteiger partial charge in [-0.1, -0.05) is 11.3 Å². The Hall–Kier alpha value is -0.620. The largest absolute Gasteiger partial charge is 0.463 e. The molecule has 0 aromatic carbocycles. The fourth-order valence-corrected chi connectivity index (χ4v) is 2.22. The lowest BCUT2D eigenvalue weighted by atomic mass is 10.6. The Labute approximate surface area is 81.3 Å². The maximum Gasteiger partial charge on any atom is 0.433 e. The van der Waals surface area contributed by atoms with E-state index in [4.69, 9.17) is 5.11 Å². The van der Waals surface area contributed by atoms with Crippen molar-refractivity contribution in [3.8, 4) is 0 Å². The molecule has 1 amide bonds. The summed E-state index contributed by atoms with van der Waals surface area (Å²) in [4.78, 5) is 14.1. The molecule has 0 bridgehead atoms. The normalized spacial score (nSPS) is 12.1. The Balaban J connectivity index is 3.36. The number of carboxylic acid groups (broad SMARTS) is 1. The van der Waals surface area contributed by atoms with Crippen molar-refractivity contribution in [2.75, 3.05) is 0 Å². The summed E-state index contributed by atoms with van der Waals surface area (Å²) in [6, 6.07) is 0. The molecule has 1 heterocycles. The van der Waals surface area contributed by atoms with Gasteiger partial charge in [0.1, 0.15) is 0 Å². The van der Waals surface area contributed by atoms with E-state index in [2.05, 4.69) is 20.9 Å². The molecule has 12 heavy (non-hydrogen) atoms. The molecule has 0 fully saturated rings. The summed E-state index contributed by atoms with van der Waals surface area (Å²) in [5.41, 5.74) is 0.972. The van der Waals surface area contributed by atoms with Gasteiger partial charge >= 0.3 is 6.09 Å². The lowest BCUT2D eigenvalue weighted by Gasteiger charge is -1.92. The Kier molecular flexibility index (Phi) is 2.69. The smallest absolute Gasteiger partial charge is 0.433 e. The molecule has 0 aliphatic heterocycles. The number of amides is 1. The summed E-state index contributed by atoms with van der Waals surface area (Å²) in [6.07, 6.45) is -1.17. The molecule has 0 atom stereocenters. The van der Waals surface area contributed by atoms with Crippen LogP contribution in [-0.4, -0.2) is 15.8 Å². The average molecular weight is 251 g/mol. The average Bonchev–Trinajstić information content (AvgIpc) is 2.17. The van der Waals surface area contributed by atoms with Gasteiger partial charge in [0.25, 0.3) is 0 Å². The van der Waals surface area contributed by atoms with Crippen LogP contribution in [0.25, 0.3) is 0 Å². The third-order valence-corrected chi connectivity index (χ3v) is 3.53. The van der Waals surface area contributed by atoms with E-state index >= 15 is 0 Å². The zero-order valence-corrected chi connectivity index (χ0v) is 8.94. The van der Waals surface area contributed by atoms with Crippen molar-refractivity contribution in [2.24, 2.45) is 12.0 Å². The molecule has 6 heteroatoms. The van der Waals surface area contributed by atoms with E-state index in [0.29, 0.717) is 4.80 Å². The van der Waals surface area contributed by atoms with Gasteiger partial charge in [-0.05, 0) is 22.9 Å². The quantitative estimate of drug-likeness (QED) is 0.763. The highest BCUT2D eigenvalue weighted by atomic mass is 79.9. The first-order valence-electron chi connectivity index (χ1n) is 3.12. The molecule has 1 rings (SSSR count). The van der Waals surface area contributed by atoms with Crippen LogP contribution in [0.1, 0.15) is 5.69 Å². The zero-order valence-electron chi connectivity index (χ0n) is 6.54. The fraction of sp³-hybridized carbons (Fsp3) is 0.333. The molecule has 0 aliphatic carbocycles. The van der Waals surface area contributed by atoms with Crippen molar-refractivity contribution in [1.82, 2.24) is 4.57 Å². The second-order valence-corrected chi connectivity index (χ2v) is 4.49. The van der Waals surface area contributed by atoms with Crippen LogP contribution in [0, 0.1) is 6.92 Å². The zero-order chi connectivity index (χ0) is 9.30. The van der Waals surface area contributed by atoms with E-state index in [1.54, 1.807) is 11.6 Å². The highest BCUT2D eigenvalue weighted by molar-refractivity contribution is 9.11. The first kappa shape index (κ1) is 9.47. The lowest BCUT2D eigenvalue weighted by Crippen LogP contribution is -2.13. The van der Waals surface area contributed by atoms with Gasteiger partial charge in [-0.3, -0.25) is 0 Å². The van der Waals surface area contributed by atoms with E-state index in [9.17, 15) is 4.79 Å². The third-order valence-electron chi connectivity index (χ3n) is 1.45. The molecular weight excluding hydrogens is 244 g/mol. The molecule has 0 aliphatic rings. The summed E-state index contributed by atoms with van der Waals surface area (Å²) >= 11 is 4.60. The van der Waals surface area contributed by atoms with Gasteiger partial charge in [0.15, 0.2) is 4.80 Å². The molecule has 4 nitrogen and oxygen atoms in total. The second kappa shape index (κ2) is 3.40. The van der Waals surface area contributed by atoms with E-state index < -0.39 is 6.09 Å². The third kappa shape index (κ3) is 1.75. The first-order chi connectivity index (χ1) is 5.52. The Morgan fingerprint density at radius 2 is 2.33 bits per heavy atom. The Morgan fingerprint density at radius 1 is 1.75 bits per heavy atom. The highest BCUT2D eigenvalue weighted by Gasteiger charge is 2.03. The van der Waals surface area contributed by atoms with Crippen LogP contribution in [0.5, 0.6) is 0 Å². The molecule has 0 saturated heterocycles. The van der Waals surface area contributed by atoms with Crippen molar-refractivity contribution in [3.05, 3.63) is 14.3 Å². The summed E-state index contributed by atoms with van der Waals surface area (Å²) in [5, 5.41) is 8.40. The number of aromatic nitrogens is 1. The van der Waals surface area contributed by atoms with E-state index in [1.807, 2.05) is 6.92 Å². The number of carbonyl (C=O) groups is 1. The van der Waals surface area contributed by atoms with Crippen molar-refractivity contribution in [2.45, 2.75) is 6.92 Å². The minimum absolute atomic E-state index is 0.479. The van der Waals surface area contributed by atoms with E-state index in [-0.39, 0.29) is 0 Å². The van der Waals surface area contributed by atoms with Crippen LogP contribution in [0.15, 0.2) is 8.78 Å². The number of hydrogen-bond donors (Lipinski definition) is 1. The number of nitrogens with zero attached hydrogens (tertiary/aromatic N) is 2. The molecule has 0 radical (unpaired) electrons. The van der Waals surface area contributed by atoms with Crippen LogP contribution in [0.2, 0.25) is 0 Å². The van der Waals surface area contributed by atoms with Gasteiger partial charge in [-0.25, -0.2) is 4.79 Å². The van der Waals surface area contributed by atoms with Crippen molar-refractivity contribution < 1.29 is 9.90 Å². The van der Waals surface area contributed by atoms with Crippen molar-refractivity contribution >= 4 is 33.4 Å². The summed E-state index contributed by atoms with van der Waals surface area (Å²) < 4.78 is 2.63. The predicted octanol–water partition coefficient (Wildman–Crippen LogP) is 1.74. The lowest BCUT2D eigenvalue weighted by molar-refractivity contribution is 0.204. The second-order valence-electron chi connectivity index (χ2n) is 2.20. The van der Waals surface area contributed by atoms with Crippen molar-refractivity contribution in [3.63, 3.8) is 0 Å². The molecule has 0 saturated carbocycles. The Bertz CT molecular complexity index is 379. The molecular formula is C6H7BrN2O2S. The standard InChI is InChI=1S/C6H7BrN2O2S/c1-3-4(7)12-5(9(3)2)8-6(10)11/h1-2H3,(H,10,11)/b8-5-. The summed E-state index contributed by atoms with van der Waals surface area (Å²) in [6.45, 7) is 1.89. The van der Waals surface area contributed by atoms with E-state index in [1.165, 1.54) is 11.3 Å². The topological polar surface area (TPSA) is 54.6 Å². The molecule has 66 valence electrons. The van der Waals surface area contributed by atoms with Crippen LogP contribution in [-0.2, 0) is 7.05 Å². The highest BCUT2D eigenvalue weighted by Crippen LogP contribution is 2.17. The number of rotatable bonds is 0. The van der Waals surface area contributed by atoms with E-state index in [0.717, 1.165) is 9.48 Å². The summed E-state index contributed by atoms with van der Waals surface area (Å²) in [7, 11) is 1.78. The first-order valence-corrected chi connectivity index (χ1v) is 4.73. The maximum atomic E-state index is 10.3. The molecule has 1 aromatic heterocycles. The molecule has 1 N–H and O–H groups in total. The fourth-order valence-electron chi connectivity index (χ4n) is 0.677. The number of halogens is 1. The monoisotopic (exact) mass is 250 g/mol. The molecule has 0 spiro atoms. The molecule has 0 unspecified atom stereocenters. The minimum Gasteiger partial charge on any atom is -0.463 e. The predicted molar refractivity (Wildman–Crippen MR) is 49.3 cm³/mol. The molecule has 1 aromatic rings. The maximum absolute atomic E-state index is 10.3. The SMILES string of the molecule is Cc1c(Br)s/c(=N\C(=O)O)n1C. The minimum atomic E-state index is -1.17. The van der Waals surface area contributed by atoms with Crippen molar-refractivity contribution in [1.29, 1.82) is 0 Å². The Morgan fingerprint density at radius 3 is 2.67 bits per heavy atom. The number of thiazole rings is 1. The summed E-state index contributed by atoms with van der Waals surface area (Å²) in [5.74, 6) is 0. The van der Waals surface area contributed by atoms with Gasteiger partial charge < -0.3 is 9.67 Å². The van der Waals surface area contributed by atoms with Crippen LogP contribution in [0.3, 0.4) is 0 Å². The van der Waals surface area contributed by atoms with Gasteiger partial charge in [-0.15, -0.1) is 4.99 Å². The van der Waals surface area contributed by atoms with Crippen LogP contribution < -0.4 is 4.80 Å². The van der Waals surface area contributed by atoms with Gasteiger partial charge in [-0.2, -0.15) is 0 Å². The van der Waals surface area contributed by atoms with Crippen LogP contribution >= 0.6 is 27.3 Å². The van der Waals surface area contributed by atoms with Crippen LogP contribution in [0.4, 0.5) is 4.79 Å². The number of hydrogen-bond acceptors (Lipinski definition) is 2. The van der Waals surface area contributed by atoms with Gasteiger partial charge in [0, 0.05) is 12.7 Å². The van der Waals surface area contributed by atoms with Gasteiger partial charge in [0.2, 0.25) is 0 Å². The van der Waals surface area contributed by atoms with Gasteiger partial charge in [0.05, 0.1) is 3.79 Å².